The summed E-state index contributed by atoms with van der Waals surface area (Å²) in [5.41, 5.74) is -0.286. The lowest BCUT2D eigenvalue weighted by molar-refractivity contribution is -0.117. The topological polar surface area (TPSA) is 107 Å². The van der Waals surface area contributed by atoms with Gasteiger partial charge in [-0.15, -0.1) is 0 Å². The van der Waals surface area contributed by atoms with Gasteiger partial charge >= 0.3 is 5.69 Å². The fraction of sp³-hybridized carbons (Fsp3) is 0.182. The zero-order valence-corrected chi connectivity index (χ0v) is 18.9. The summed E-state index contributed by atoms with van der Waals surface area (Å²) >= 11 is 0.910. The Hall–Kier alpha value is -3.93. The standard InChI is InChI=1S/C22H19F2N5O4S/c1-28-19-18(21(31)29(22(28)32)11-13-3-4-14(23)15(24)7-13)34-16(10-26-19)20(30)27-9-12-5-6-25-17(8-12)33-2/h3-8,10,26H,9,11H2,1-2H3,(H,27,30). The molecule has 176 valence electrons. The zero-order chi connectivity index (χ0) is 24.4. The predicted molar refractivity (Wildman–Crippen MR) is 122 cm³/mol. The Kier molecular flexibility index (Phi) is 6.50. The van der Waals surface area contributed by atoms with Crippen LogP contribution in [0.2, 0.25) is 0 Å². The van der Waals surface area contributed by atoms with Gasteiger partial charge in [0.1, 0.15) is 10.7 Å². The highest BCUT2D eigenvalue weighted by molar-refractivity contribution is 8.04. The van der Waals surface area contributed by atoms with Crippen LogP contribution in [0.25, 0.3) is 0 Å². The molecule has 0 bridgehead atoms. The quantitative estimate of drug-likeness (QED) is 0.547. The molecular formula is C22H19F2N5O4S. The molecule has 0 saturated heterocycles. The summed E-state index contributed by atoms with van der Waals surface area (Å²) < 4.78 is 34.0. The van der Waals surface area contributed by atoms with Crippen LogP contribution in [0.1, 0.15) is 11.1 Å². The molecule has 0 aliphatic carbocycles. The van der Waals surface area contributed by atoms with Crippen LogP contribution in [-0.2, 0) is 24.9 Å². The summed E-state index contributed by atoms with van der Waals surface area (Å²) in [4.78, 5) is 42.9. The Morgan fingerprint density at radius 3 is 2.71 bits per heavy atom. The second-order valence-electron chi connectivity index (χ2n) is 7.30. The third-order valence-electron chi connectivity index (χ3n) is 5.07. The first-order valence-electron chi connectivity index (χ1n) is 9.98. The van der Waals surface area contributed by atoms with E-state index in [-0.39, 0.29) is 34.3 Å². The van der Waals surface area contributed by atoms with Gasteiger partial charge < -0.3 is 15.4 Å². The molecule has 3 aromatic rings. The summed E-state index contributed by atoms with van der Waals surface area (Å²) in [6, 6.07) is 6.56. The molecule has 0 atom stereocenters. The van der Waals surface area contributed by atoms with E-state index in [1.807, 2.05) is 0 Å². The number of fused-ring (bicyclic) bond motifs is 1. The van der Waals surface area contributed by atoms with Crippen LogP contribution in [0.4, 0.5) is 14.6 Å². The van der Waals surface area contributed by atoms with Gasteiger partial charge in [-0.25, -0.2) is 18.6 Å². The number of nitrogens with one attached hydrogen (secondary N) is 2. The Bertz CT molecular complexity index is 1430. The second-order valence-corrected chi connectivity index (χ2v) is 8.36. The first kappa shape index (κ1) is 23.2. The Morgan fingerprint density at radius 1 is 1.18 bits per heavy atom. The lowest BCUT2D eigenvalue weighted by Gasteiger charge is -2.21. The highest BCUT2D eigenvalue weighted by atomic mass is 32.2. The van der Waals surface area contributed by atoms with Crippen LogP contribution >= 0.6 is 11.8 Å². The van der Waals surface area contributed by atoms with E-state index in [9.17, 15) is 23.2 Å². The molecule has 0 spiro atoms. The molecule has 1 aliphatic heterocycles. The number of aromatic nitrogens is 3. The van der Waals surface area contributed by atoms with Gasteiger partial charge in [0.05, 0.1) is 18.6 Å². The van der Waals surface area contributed by atoms with Crippen molar-refractivity contribution in [3.05, 3.63) is 91.2 Å². The number of amides is 1. The van der Waals surface area contributed by atoms with Crippen LogP contribution in [0, 0.1) is 11.6 Å². The van der Waals surface area contributed by atoms with Crippen LogP contribution in [0.3, 0.4) is 0 Å². The molecule has 0 saturated carbocycles. The van der Waals surface area contributed by atoms with E-state index in [4.69, 9.17) is 4.74 Å². The molecule has 2 N–H and O–H groups in total. The molecule has 2 aromatic heterocycles. The number of halogens is 2. The predicted octanol–water partition coefficient (Wildman–Crippen LogP) is 1.95. The van der Waals surface area contributed by atoms with Gasteiger partial charge in [-0.05, 0) is 29.3 Å². The molecule has 3 heterocycles. The SMILES string of the molecule is COc1cc(CNC(=O)C2=CNc3c(c(=O)n(Cc4ccc(F)c(F)c4)c(=O)n3C)S2)ccn1. The summed E-state index contributed by atoms with van der Waals surface area (Å²) in [6.45, 7) is -0.0538. The van der Waals surface area contributed by atoms with Gasteiger partial charge in [0.25, 0.3) is 11.5 Å². The molecule has 0 radical (unpaired) electrons. The maximum atomic E-state index is 13.6. The van der Waals surface area contributed by atoms with Crippen molar-refractivity contribution in [3.63, 3.8) is 0 Å². The van der Waals surface area contributed by atoms with E-state index < -0.39 is 28.8 Å². The molecule has 0 fully saturated rings. The number of anilines is 1. The first-order chi connectivity index (χ1) is 16.3. The molecular weight excluding hydrogens is 468 g/mol. The van der Waals surface area contributed by atoms with Crippen molar-refractivity contribution >= 4 is 23.5 Å². The number of carbonyl (C=O) groups is 1. The fourth-order valence-electron chi connectivity index (χ4n) is 3.28. The van der Waals surface area contributed by atoms with Crippen LogP contribution < -0.4 is 26.6 Å². The van der Waals surface area contributed by atoms with Crippen LogP contribution in [0.15, 0.2) is 62.1 Å². The number of nitrogens with zero attached hydrogens (tertiary/aromatic N) is 3. The molecule has 34 heavy (non-hydrogen) atoms. The van der Waals surface area contributed by atoms with Crippen molar-refractivity contribution in [1.82, 2.24) is 19.4 Å². The largest absolute Gasteiger partial charge is 0.481 e. The molecule has 9 nitrogen and oxygen atoms in total. The third kappa shape index (κ3) is 4.57. The van der Waals surface area contributed by atoms with Gasteiger partial charge in [0.15, 0.2) is 11.6 Å². The highest BCUT2D eigenvalue weighted by Gasteiger charge is 2.25. The number of hydrogen-bond donors (Lipinski definition) is 2. The number of thioether (sulfide) groups is 1. The number of carbonyl (C=O) groups excluding carboxylic acids is 1. The van der Waals surface area contributed by atoms with E-state index >= 15 is 0 Å². The Labute approximate surface area is 196 Å². The molecule has 1 aromatic carbocycles. The number of ether oxygens (including phenoxy) is 1. The van der Waals surface area contributed by atoms with E-state index in [1.165, 1.54) is 31.0 Å². The minimum Gasteiger partial charge on any atom is -0.481 e. The van der Waals surface area contributed by atoms with Gasteiger partial charge in [0.2, 0.25) is 5.88 Å². The highest BCUT2D eigenvalue weighted by Crippen LogP contribution is 2.33. The average molecular weight is 487 g/mol. The Balaban J connectivity index is 1.56. The summed E-state index contributed by atoms with van der Waals surface area (Å²) in [6.07, 6.45) is 2.97. The van der Waals surface area contributed by atoms with E-state index in [1.54, 1.807) is 18.3 Å². The lowest BCUT2D eigenvalue weighted by atomic mass is 10.2. The maximum Gasteiger partial charge on any atom is 0.332 e. The maximum absolute atomic E-state index is 13.6. The number of hydrogen-bond acceptors (Lipinski definition) is 7. The molecule has 12 heteroatoms. The minimum absolute atomic E-state index is 0.128. The number of methoxy groups -OCH3 is 1. The average Bonchev–Trinajstić information content (AvgIpc) is 2.85. The van der Waals surface area contributed by atoms with Crippen LogP contribution in [0.5, 0.6) is 5.88 Å². The van der Waals surface area contributed by atoms with E-state index in [0.29, 0.717) is 5.88 Å². The molecule has 4 rings (SSSR count). The molecule has 0 unspecified atom stereocenters. The van der Waals surface area contributed by atoms with Gasteiger partial charge in [-0.3, -0.25) is 18.7 Å². The van der Waals surface area contributed by atoms with Crippen molar-refractivity contribution in [2.75, 3.05) is 12.4 Å². The van der Waals surface area contributed by atoms with E-state index in [2.05, 4.69) is 15.6 Å². The summed E-state index contributed by atoms with van der Waals surface area (Å²) in [7, 11) is 2.95. The Morgan fingerprint density at radius 2 is 1.97 bits per heavy atom. The van der Waals surface area contributed by atoms with Gasteiger partial charge in [0, 0.05) is 32.1 Å². The monoisotopic (exact) mass is 487 g/mol. The number of benzene rings is 1. The van der Waals surface area contributed by atoms with Crippen molar-refractivity contribution < 1.29 is 18.3 Å². The first-order valence-corrected chi connectivity index (χ1v) is 10.8. The van der Waals surface area contributed by atoms with E-state index in [0.717, 1.165) is 34.0 Å². The molecule has 1 amide bonds. The van der Waals surface area contributed by atoms with Crippen molar-refractivity contribution in [2.45, 2.75) is 18.0 Å². The van der Waals surface area contributed by atoms with Crippen molar-refractivity contribution in [1.29, 1.82) is 0 Å². The van der Waals surface area contributed by atoms with Crippen molar-refractivity contribution in [3.8, 4) is 5.88 Å². The third-order valence-corrected chi connectivity index (χ3v) is 6.16. The smallest absolute Gasteiger partial charge is 0.332 e. The minimum atomic E-state index is -1.08. The van der Waals surface area contributed by atoms with Crippen LogP contribution in [-0.4, -0.2) is 27.1 Å². The number of pyridine rings is 1. The summed E-state index contributed by atoms with van der Waals surface area (Å²) in [5, 5.41) is 5.59. The zero-order valence-electron chi connectivity index (χ0n) is 18.1. The fourth-order valence-corrected chi connectivity index (χ4v) is 4.27. The lowest BCUT2D eigenvalue weighted by Crippen LogP contribution is -2.41. The molecule has 1 aliphatic rings. The van der Waals surface area contributed by atoms with Crippen molar-refractivity contribution in [2.24, 2.45) is 7.05 Å². The second kappa shape index (κ2) is 9.51. The summed E-state index contributed by atoms with van der Waals surface area (Å²) in [5.74, 6) is -1.89. The van der Waals surface area contributed by atoms with Gasteiger partial charge in [-0.2, -0.15) is 0 Å². The van der Waals surface area contributed by atoms with Gasteiger partial charge in [-0.1, -0.05) is 17.8 Å². The normalized spacial score (nSPS) is 12.4. The number of rotatable bonds is 6.